The third-order valence-corrected chi connectivity index (χ3v) is 21.1. The first kappa shape index (κ1) is 57.5. The predicted molar refractivity (Wildman–Crippen MR) is 324 cm³/mol. The highest BCUT2D eigenvalue weighted by Crippen LogP contribution is 2.41. The molecule has 5 aromatic heterocycles. The molecule has 0 unspecified atom stereocenters. The second kappa shape index (κ2) is 23.9. The fraction of sp³-hybridized carbons (Fsp3) is 0.393. The van der Waals surface area contributed by atoms with E-state index in [2.05, 4.69) is 87.8 Å². The lowest BCUT2D eigenvalue weighted by atomic mass is 9.90. The molecule has 0 atom stereocenters. The topological polar surface area (TPSA) is 270 Å². The Hall–Kier alpha value is -6.92. The highest BCUT2D eigenvalue weighted by Gasteiger charge is 2.34. The molecule has 13 rings (SSSR count). The number of nitrogen functional groups attached to an aromatic ring is 2. The summed E-state index contributed by atoms with van der Waals surface area (Å²) >= 11 is 4.16. The van der Waals surface area contributed by atoms with E-state index in [1.807, 2.05) is 9.36 Å². The van der Waals surface area contributed by atoms with E-state index in [1.54, 1.807) is 42.5 Å². The van der Waals surface area contributed by atoms with Gasteiger partial charge in [0.05, 0.1) is 46.0 Å². The van der Waals surface area contributed by atoms with Gasteiger partial charge in [-0.15, -0.1) is 0 Å². The Labute approximate surface area is 497 Å². The first-order valence-corrected chi connectivity index (χ1v) is 32.4. The minimum absolute atomic E-state index is 0.0143. The van der Waals surface area contributed by atoms with Gasteiger partial charge in [-0.05, 0) is 130 Å². The van der Waals surface area contributed by atoms with E-state index in [1.165, 1.54) is 49.1 Å². The van der Waals surface area contributed by atoms with Crippen LogP contribution in [0.25, 0.3) is 55.6 Å². The molecule has 0 bridgehead atoms. The molecule has 2 saturated heterocycles. The van der Waals surface area contributed by atoms with E-state index in [-0.39, 0.29) is 50.4 Å². The van der Waals surface area contributed by atoms with Crippen LogP contribution in [-0.2, 0) is 20.0 Å². The smallest absolute Gasteiger partial charge is 0.264 e. The second-order valence-corrected chi connectivity index (χ2v) is 26.7. The van der Waals surface area contributed by atoms with Gasteiger partial charge in [-0.3, -0.25) is 19.2 Å². The molecule has 440 valence electrons. The minimum Gasteiger partial charge on any atom is -0.383 e. The zero-order valence-corrected chi connectivity index (χ0v) is 50.2. The fourth-order valence-corrected chi connectivity index (χ4v) is 16.1. The summed E-state index contributed by atoms with van der Waals surface area (Å²) in [6, 6.07) is 21.0. The number of benzene rings is 4. The largest absolute Gasteiger partial charge is 0.383 e. The van der Waals surface area contributed by atoms with Crippen LogP contribution in [0.3, 0.4) is 0 Å². The van der Waals surface area contributed by atoms with Crippen LogP contribution in [0.4, 0.5) is 31.8 Å². The van der Waals surface area contributed by atoms with Crippen LogP contribution in [0.5, 0.6) is 0 Å². The fourth-order valence-electron chi connectivity index (χ4n) is 12.2. The molecule has 0 amide bonds. The number of nitrogens with zero attached hydrogens (tertiary/aromatic N) is 14. The van der Waals surface area contributed by atoms with E-state index in [0.717, 1.165) is 115 Å². The molecule has 28 heteroatoms. The maximum Gasteiger partial charge on any atom is 0.264 e. The van der Waals surface area contributed by atoms with Gasteiger partial charge in [0.2, 0.25) is 0 Å². The first-order chi connectivity index (χ1) is 40.5. The minimum atomic E-state index is -4.13. The van der Waals surface area contributed by atoms with Crippen LogP contribution in [0.1, 0.15) is 63.5 Å². The quantitative estimate of drug-likeness (QED) is 0.0896. The van der Waals surface area contributed by atoms with Crippen molar-refractivity contribution < 1.29 is 25.6 Å². The van der Waals surface area contributed by atoms with E-state index in [4.69, 9.17) is 21.7 Å². The van der Waals surface area contributed by atoms with Gasteiger partial charge in [0, 0.05) is 80.0 Å². The van der Waals surface area contributed by atoms with Crippen molar-refractivity contribution in [3.8, 4) is 22.5 Å². The van der Waals surface area contributed by atoms with Crippen LogP contribution in [0.2, 0.25) is 0 Å². The summed E-state index contributed by atoms with van der Waals surface area (Å²) in [7, 11) is -3.80. The number of aromatic nitrogens is 10. The maximum atomic E-state index is 15.5. The molecule has 7 heterocycles. The molecule has 2 saturated carbocycles. The molecule has 6 N–H and O–H groups in total. The number of likely N-dealkylation sites (N-methyl/N-ethyl adjacent to an activating group) is 2. The Morgan fingerprint density at radius 2 is 0.988 bits per heavy atom. The Kier molecular flexibility index (Phi) is 16.3. The van der Waals surface area contributed by atoms with Gasteiger partial charge in [-0.2, -0.15) is 18.9 Å². The molecule has 4 aliphatic rings. The van der Waals surface area contributed by atoms with Crippen molar-refractivity contribution in [3.05, 3.63) is 108 Å². The highest BCUT2D eigenvalue weighted by atomic mass is 79.9. The van der Waals surface area contributed by atoms with E-state index in [0.29, 0.717) is 66.7 Å². The Morgan fingerprint density at radius 3 is 1.45 bits per heavy atom. The van der Waals surface area contributed by atoms with Crippen molar-refractivity contribution in [2.45, 2.75) is 85.3 Å². The van der Waals surface area contributed by atoms with Gasteiger partial charge in [0.15, 0.2) is 11.3 Å². The molecule has 0 radical (unpaired) electrons. The van der Waals surface area contributed by atoms with Crippen molar-refractivity contribution in [1.82, 2.24) is 67.8 Å². The molecule has 9 aromatic rings. The Bertz CT molecular complexity index is 4120. The summed E-state index contributed by atoms with van der Waals surface area (Å²) in [6.45, 7) is 8.79. The van der Waals surface area contributed by atoms with Gasteiger partial charge in [-0.1, -0.05) is 30.3 Å². The molecule has 0 spiro atoms. The number of hydrogen-bond donors (Lipinski definition) is 4. The normalized spacial score (nSPS) is 20.7. The molecule has 84 heavy (non-hydrogen) atoms. The van der Waals surface area contributed by atoms with Crippen LogP contribution in [0.15, 0.2) is 106 Å². The monoisotopic (exact) mass is 1260 g/mol. The number of hydrogen-bond acceptors (Lipinski definition) is 19. The molecule has 22 nitrogen and oxygen atoms in total. The standard InChI is InChI=1S/C28H32BrFN8O2S.C28H31FN10O2S2/c1-36-12-14-37(15-13-36)19-7-9-20(10-8-19)38-28-25(27(31)32-17-33-28)26(34-38)18-6-11-23(22(30)16-18)35-41(39,40)24-5-3-2-4-21(24)29;1-37-11-13-38(14-12-37)18-6-8-19(9-7-18)39-28-24(27(30)31-16-32-28)25(33-39)17-5-10-21(20(29)15-17)36-43(40,41)23-4-2-3-22-26(23)35-42-34-22/h2-6,11,16-17,19-20,35H,7-10,12-15H2,1H3,(H2,31,32,33);2-5,10,15-16,18-19,36H,6-9,11-14H2,1H3,(H2,30,31,32). The maximum absolute atomic E-state index is 15.5. The number of fused-ring (bicyclic) bond motifs is 3. The lowest BCUT2D eigenvalue weighted by Crippen LogP contribution is -2.49. The van der Waals surface area contributed by atoms with E-state index < -0.39 is 31.7 Å². The number of rotatable bonds is 12. The number of nitrogens with one attached hydrogen (secondary N) is 2. The average molecular weight is 1270 g/mol. The summed E-state index contributed by atoms with van der Waals surface area (Å²) in [6.07, 6.45) is 11.0. The van der Waals surface area contributed by atoms with Crippen LogP contribution in [-0.4, -0.2) is 163 Å². The summed E-state index contributed by atoms with van der Waals surface area (Å²) < 4.78 is 100. The third kappa shape index (κ3) is 11.6. The first-order valence-electron chi connectivity index (χ1n) is 27.9. The van der Waals surface area contributed by atoms with Crippen molar-refractivity contribution in [1.29, 1.82) is 0 Å². The van der Waals surface area contributed by atoms with Crippen molar-refractivity contribution in [2.24, 2.45) is 0 Å². The number of nitrogens with two attached hydrogens (primary N) is 2. The Balaban J connectivity index is 0.000000166. The second-order valence-electron chi connectivity index (χ2n) is 22.0. The summed E-state index contributed by atoms with van der Waals surface area (Å²) in [4.78, 5) is 27.3. The average Bonchev–Trinajstić information content (AvgIpc) is 2.26. The van der Waals surface area contributed by atoms with Crippen molar-refractivity contribution in [3.63, 3.8) is 0 Å². The number of piperazine rings is 2. The SMILES string of the molecule is CN1CCN(C2CCC(n3nc(-c4ccc(NS(=O)(=O)c5cccc6nsnc56)c(F)c4)c4c(N)ncnc43)CC2)CC1.CN1CCN(C2CCC(n3nc(-c4ccc(NS(=O)(=O)c5ccccc5Br)c(F)c4)c4c(N)ncnc43)CC2)CC1. The van der Waals surface area contributed by atoms with Gasteiger partial charge < -0.3 is 21.3 Å². The predicted octanol–water partition coefficient (Wildman–Crippen LogP) is 8.26. The molecular weight excluding hydrogens is 1200 g/mol. The van der Waals surface area contributed by atoms with E-state index >= 15 is 8.78 Å². The van der Waals surface area contributed by atoms with E-state index in [9.17, 15) is 16.8 Å². The zero-order valence-electron chi connectivity index (χ0n) is 46.2. The van der Waals surface area contributed by atoms with Crippen LogP contribution in [0, 0.1) is 11.6 Å². The van der Waals surface area contributed by atoms with Gasteiger partial charge >= 0.3 is 0 Å². The van der Waals surface area contributed by atoms with Crippen LogP contribution < -0.4 is 20.9 Å². The van der Waals surface area contributed by atoms with Gasteiger partial charge in [0.1, 0.15) is 68.1 Å². The lowest BCUT2D eigenvalue weighted by Gasteiger charge is -2.41. The van der Waals surface area contributed by atoms with Gasteiger partial charge in [0.25, 0.3) is 20.0 Å². The summed E-state index contributed by atoms with van der Waals surface area (Å²) in [5.74, 6) is -0.964. The lowest BCUT2D eigenvalue weighted by molar-refractivity contribution is 0.0815. The van der Waals surface area contributed by atoms with Crippen molar-refractivity contribution >= 4 is 104 Å². The summed E-state index contributed by atoms with van der Waals surface area (Å²) in [5.41, 5.74) is 16.0. The third-order valence-electron chi connectivity index (χ3n) is 16.8. The number of halogens is 3. The summed E-state index contributed by atoms with van der Waals surface area (Å²) in [5, 5.41) is 10.9. The highest BCUT2D eigenvalue weighted by molar-refractivity contribution is 9.10. The molecule has 4 fully saturated rings. The Morgan fingerprint density at radius 1 is 0.548 bits per heavy atom. The van der Waals surface area contributed by atoms with Crippen LogP contribution >= 0.6 is 27.7 Å². The molecular formula is C56H63BrF2N18O4S3. The van der Waals surface area contributed by atoms with Crippen molar-refractivity contribution in [2.75, 3.05) is 87.4 Å². The zero-order chi connectivity index (χ0) is 58.4. The van der Waals surface area contributed by atoms with Gasteiger partial charge in [-0.25, -0.2) is 54.9 Å². The molecule has 4 aromatic carbocycles. The number of anilines is 4. The molecule has 2 aliphatic carbocycles. The molecule has 2 aliphatic heterocycles. The number of sulfonamides is 2.